The second-order valence-electron chi connectivity index (χ2n) is 8.25. The van der Waals surface area contributed by atoms with Crippen LogP contribution in [0.15, 0.2) is 11.6 Å². The molecule has 0 amide bonds. The van der Waals surface area contributed by atoms with Crippen LogP contribution in [0.1, 0.15) is 53.4 Å². The van der Waals surface area contributed by atoms with E-state index in [4.69, 9.17) is 9.47 Å². The Hall–Kier alpha value is -0.880. The van der Waals surface area contributed by atoms with Gasteiger partial charge in [0.25, 0.3) is 0 Å². The number of hydrogen-bond acceptors (Lipinski definition) is 5. The smallest absolute Gasteiger partial charge is 0.308 e. The van der Waals surface area contributed by atoms with Crippen molar-refractivity contribution in [3.63, 3.8) is 0 Å². The second kappa shape index (κ2) is 7.03. The number of aliphatic hydroxyl groups is 1. The van der Waals surface area contributed by atoms with E-state index in [0.29, 0.717) is 10.9 Å². The highest BCUT2D eigenvalue weighted by Crippen LogP contribution is 2.62. The van der Waals surface area contributed by atoms with Gasteiger partial charge in [-0.05, 0) is 29.9 Å². The van der Waals surface area contributed by atoms with Crippen LogP contribution in [0, 0.1) is 16.7 Å². The summed E-state index contributed by atoms with van der Waals surface area (Å²) in [6.07, 6.45) is 4.01. The summed E-state index contributed by atoms with van der Waals surface area (Å²) in [5.41, 5.74) is -1.38. The van der Waals surface area contributed by atoms with Crippen molar-refractivity contribution in [1.29, 1.82) is 0 Å². The fourth-order valence-corrected chi connectivity index (χ4v) is 5.85. The Morgan fingerprint density at radius 3 is 2.48 bits per heavy atom. The topological polar surface area (TPSA) is 72.8 Å². The van der Waals surface area contributed by atoms with Crippen LogP contribution < -0.4 is 0 Å². The average molecular weight is 417 g/mol. The Morgan fingerprint density at radius 1 is 1.32 bits per heavy atom. The Kier molecular flexibility index (Phi) is 5.74. The van der Waals surface area contributed by atoms with Crippen LogP contribution in [-0.4, -0.2) is 41.2 Å². The molecule has 2 aliphatic rings. The summed E-state index contributed by atoms with van der Waals surface area (Å²) >= 11 is 3.44. The molecule has 0 aromatic rings. The fraction of sp³-hybridized carbons (Fsp3) is 0.789. The normalized spacial score (nSPS) is 36.8. The first-order valence-corrected chi connectivity index (χ1v) is 9.87. The van der Waals surface area contributed by atoms with Crippen molar-refractivity contribution < 1.29 is 24.2 Å². The number of esters is 2. The van der Waals surface area contributed by atoms with Crippen LogP contribution in [-0.2, 0) is 19.1 Å². The lowest BCUT2D eigenvalue weighted by Crippen LogP contribution is -2.64. The Morgan fingerprint density at radius 2 is 1.96 bits per heavy atom. The lowest BCUT2D eigenvalue weighted by atomic mass is 9.45. The minimum atomic E-state index is -1.33. The molecule has 0 saturated heterocycles. The summed E-state index contributed by atoms with van der Waals surface area (Å²) in [5.74, 6) is -0.865. The maximum absolute atomic E-state index is 12.1. The van der Waals surface area contributed by atoms with Crippen LogP contribution in [0.5, 0.6) is 0 Å². The monoisotopic (exact) mass is 416 g/mol. The molecule has 25 heavy (non-hydrogen) atoms. The predicted molar refractivity (Wildman–Crippen MR) is 98.2 cm³/mol. The highest BCUT2D eigenvalue weighted by Gasteiger charge is 2.64. The van der Waals surface area contributed by atoms with Gasteiger partial charge in [-0.25, -0.2) is 0 Å². The van der Waals surface area contributed by atoms with Gasteiger partial charge in [0.15, 0.2) is 0 Å². The number of hydrogen-bond donors (Lipinski definition) is 1. The molecule has 1 saturated carbocycles. The van der Waals surface area contributed by atoms with Crippen molar-refractivity contribution in [2.45, 2.75) is 65.1 Å². The lowest BCUT2D eigenvalue weighted by molar-refractivity contribution is -0.194. The summed E-state index contributed by atoms with van der Waals surface area (Å²) in [5, 5.41) is 12.1. The summed E-state index contributed by atoms with van der Waals surface area (Å²) < 4.78 is 10.5. The first kappa shape index (κ1) is 20.4. The van der Waals surface area contributed by atoms with Crippen molar-refractivity contribution in [2.75, 3.05) is 12.4 Å². The predicted octanol–water partition coefficient (Wildman–Crippen LogP) is 3.38. The molecule has 0 heterocycles. The van der Waals surface area contributed by atoms with Crippen LogP contribution >= 0.6 is 15.9 Å². The van der Waals surface area contributed by atoms with E-state index in [1.165, 1.54) is 14.0 Å². The molecule has 1 N–H and O–H groups in total. The van der Waals surface area contributed by atoms with Crippen LogP contribution in [0.2, 0.25) is 0 Å². The lowest BCUT2D eigenvalue weighted by Gasteiger charge is -2.61. The Labute approximate surface area is 158 Å². The number of rotatable bonds is 4. The van der Waals surface area contributed by atoms with E-state index in [0.717, 1.165) is 19.3 Å². The number of carbonyl (C=O) groups is 2. The number of alkyl halides is 1. The van der Waals surface area contributed by atoms with Gasteiger partial charge in [-0.1, -0.05) is 43.1 Å². The van der Waals surface area contributed by atoms with Crippen molar-refractivity contribution in [3.8, 4) is 0 Å². The molecule has 0 aliphatic heterocycles. The van der Waals surface area contributed by atoms with E-state index in [2.05, 4.69) is 29.8 Å². The summed E-state index contributed by atoms with van der Waals surface area (Å²) in [4.78, 5) is 23.8. The summed E-state index contributed by atoms with van der Waals surface area (Å²) in [7, 11) is 1.33. The summed E-state index contributed by atoms with van der Waals surface area (Å²) in [6, 6.07) is 0. The fourth-order valence-electron chi connectivity index (χ4n) is 5.20. The maximum Gasteiger partial charge on any atom is 0.308 e. The number of ether oxygens (including phenoxy) is 2. The Bertz CT molecular complexity index is 584. The molecule has 2 rings (SSSR count). The average Bonchev–Trinajstić information content (AvgIpc) is 2.49. The molecule has 5 nitrogen and oxygen atoms in total. The zero-order valence-corrected chi connectivity index (χ0v) is 17.3. The zero-order valence-electron chi connectivity index (χ0n) is 15.7. The van der Waals surface area contributed by atoms with Crippen molar-refractivity contribution in [3.05, 3.63) is 11.6 Å². The molecule has 2 aliphatic carbocycles. The SMILES string of the molecule is COC(=O)C[C@@]1(O)C(CBr)=C[C@H](OC(C)=O)C2C(C)(C)CCC[C@@]21C. The molecule has 1 unspecified atom stereocenters. The van der Waals surface area contributed by atoms with Crippen LogP contribution in [0.4, 0.5) is 0 Å². The highest BCUT2D eigenvalue weighted by atomic mass is 79.9. The minimum absolute atomic E-state index is 0.0879. The van der Waals surface area contributed by atoms with E-state index in [1.54, 1.807) is 0 Å². The largest absolute Gasteiger partial charge is 0.469 e. The first-order valence-electron chi connectivity index (χ1n) is 8.75. The van der Waals surface area contributed by atoms with E-state index in [1.807, 2.05) is 13.0 Å². The molecular formula is C19H29BrO5. The highest BCUT2D eigenvalue weighted by molar-refractivity contribution is 9.09. The third-order valence-electron chi connectivity index (χ3n) is 6.29. The van der Waals surface area contributed by atoms with Crippen LogP contribution in [0.25, 0.3) is 0 Å². The van der Waals surface area contributed by atoms with Gasteiger partial charge < -0.3 is 14.6 Å². The number of methoxy groups -OCH3 is 1. The van der Waals surface area contributed by atoms with E-state index < -0.39 is 23.1 Å². The van der Waals surface area contributed by atoms with Gasteiger partial charge in [-0.3, -0.25) is 9.59 Å². The molecular weight excluding hydrogens is 388 g/mol. The van der Waals surface area contributed by atoms with Gasteiger partial charge in [-0.15, -0.1) is 0 Å². The van der Waals surface area contributed by atoms with Crippen LogP contribution in [0.3, 0.4) is 0 Å². The zero-order chi connectivity index (χ0) is 19.0. The van der Waals surface area contributed by atoms with Gasteiger partial charge >= 0.3 is 11.9 Å². The van der Waals surface area contributed by atoms with E-state index >= 15 is 0 Å². The standard InChI is InChI=1S/C19H29BrO5/c1-12(21)25-14-9-13(11-20)19(23,10-15(22)24-5)18(4)8-6-7-17(2,3)16(14)18/h9,14,16,23H,6-8,10-11H2,1-5H3/t14-,16?,18-,19+/m0/s1. The molecule has 0 aromatic carbocycles. The van der Waals surface area contributed by atoms with Crippen molar-refractivity contribution in [2.24, 2.45) is 16.7 Å². The molecule has 0 radical (unpaired) electrons. The Balaban J connectivity index is 2.63. The van der Waals surface area contributed by atoms with Gasteiger partial charge in [0.2, 0.25) is 0 Å². The van der Waals surface area contributed by atoms with Gasteiger partial charge in [-0.2, -0.15) is 0 Å². The van der Waals surface area contributed by atoms with Gasteiger partial charge in [0.1, 0.15) is 11.7 Å². The van der Waals surface area contributed by atoms with Gasteiger partial charge in [0.05, 0.1) is 13.5 Å². The third-order valence-corrected chi connectivity index (χ3v) is 6.89. The van der Waals surface area contributed by atoms with Crippen molar-refractivity contribution in [1.82, 2.24) is 0 Å². The molecule has 0 aromatic heterocycles. The molecule has 1 fully saturated rings. The number of fused-ring (bicyclic) bond motifs is 1. The number of halogens is 1. The van der Waals surface area contributed by atoms with Crippen molar-refractivity contribution >= 4 is 27.9 Å². The second-order valence-corrected chi connectivity index (χ2v) is 8.81. The molecule has 6 heteroatoms. The molecule has 0 spiro atoms. The van der Waals surface area contributed by atoms with E-state index in [-0.39, 0.29) is 23.7 Å². The quantitative estimate of drug-likeness (QED) is 0.431. The first-order chi connectivity index (χ1) is 11.5. The van der Waals surface area contributed by atoms with Gasteiger partial charge in [0, 0.05) is 23.6 Å². The molecule has 4 atom stereocenters. The van der Waals surface area contributed by atoms with E-state index in [9.17, 15) is 14.7 Å². The minimum Gasteiger partial charge on any atom is -0.469 e. The summed E-state index contributed by atoms with van der Waals surface area (Å²) in [6.45, 7) is 7.73. The molecule has 142 valence electrons. The molecule has 0 bridgehead atoms. The number of carbonyl (C=O) groups excluding carboxylic acids is 2. The maximum atomic E-state index is 12.1. The third kappa shape index (κ3) is 3.39.